The van der Waals surface area contributed by atoms with Crippen LogP contribution in [-0.2, 0) is 6.42 Å². The van der Waals surface area contributed by atoms with Gasteiger partial charge in [0, 0.05) is 5.54 Å². The van der Waals surface area contributed by atoms with E-state index in [0.717, 1.165) is 18.4 Å². The Bertz CT molecular complexity index is 330. The van der Waals surface area contributed by atoms with E-state index in [0.29, 0.717) is 12.8 Å². The van der Waals surface area contributed by atoms with Crippen molar-refractivity contribution < 1.29 is 9.50 Å². The molecule has 1 aromatic rings. The van der Waals surface area contributed by atoms with Gasteiger partial charge in [-0.1, -0.05) is 12.1 Å². The molecule has 0 radical (unpaired) electrons. The Hall–Kier alpha value is -0.930. The van der Waals surface area contributed by atoms with E-state index in [1.165, 1.54) is 12.1 Å². The van der Waals surface area contributed by atoms with Crippen LogP contribution in [0, 0.1) is 5.82 Å². The molecule has 1 fully saturated rings. The van der Waals surface area contributed by atoms with Crippen molar-refractivity contribution in [2.75, 3.05) is 0 Å². The normalized spacial score (nSPS) is 29.9. The van der Waals surface area contributed by atoms with Crippen molar-refractivity contribution in [2.24, 2.45) is 5.73 Å². The van der Waals surface area contributed by atoms with Gasteiger partial charge in [-0.15, -0.1) is 0 Å². The highest BCUT2D eigenvalue weighted by Gasteiger charge is 2.39. The average Bonchev–Trinajstić information content (AvgIpc) is 2.15. The Morgan fingerprint density at radius 1 is 1.33 bits per heavy atom. The maximum Gasteiger partial charge on any atom is 0.123 e. The summed E-state index contributed by atoms with van der Waals surface area (Å²) in [5.41, 5.74) is 6.94. The predicted molar refractivity (Wildman–Crippen MR) is 56.9 cm³/mol. The molecule has 0 spiro atoms. The second-order valence-electron chi connectivity index (χ2n) is 4.55. The molecule has 82 valence electrons. The molecule has 1 aliphatic rings. The van der Waals surface area contributed by atoms with Gasteiger partial charge in [0.1, 0.15) is 5.82 Å². The smallest absolute Gasteiger partial charge is 0.123 e. The van der Waals surface area contributed by atoms with E-state index in [2.05, 4.69) is 0 Å². The van der Waals surface area contributed by atoms with E-state index in [9.17, 15) is 9.50 Å². The lowest BCUT2D eigenvalue weighted by atomic mass is 9.72. The molecule has 2 nitrogen and oxygen atoms in total. The first kappa shape index (κ1) is 10.6. The summed E-state index contributed by atoms with van der Waals surface area (Å²) in [5, 5.41) is 9.19. The van der Waals surface area contributed by atoms with Gasteiger partial charge in [0.05, 0.1) is 6.10 Å². The van der Waals surface area contributed by atoms with Crippen molar-refractivity contribution >= 4 is 0 Å². The summed E-state index contributed by atoms with van der Waals surface area (Å²) >= 11 is 0. The minimum Gasteiger partial charge on any atom is -0.393 e. The number of benzene rings is 1. The van der Waals surface area contributed by atoms with Gasteiger partial charge in [-0.05, 0) is 43.4 Å². The Kier molecular flexibility index (Phi) is 2.76. The van der Waals surface area contributed by atoms with Gasteiger partial charge in [-0.2, -0.15) is 0 Å². The first-order chi connectivity index (χ1) is 7.07. The molecular weight excluding hydrogens is 193 g/mol. The van der Waals surface area contributed by atoms with E-state index in [4.69, 9.17) is 5.73 Å². The number of rotatable bonds is 3. The second kappa shape index (κ2) is 3.91. The lowest BCUT2D eigenvalue weighted by Crippen LogP contribution is -2.54. The Labute approximate surface area is 88.9 Å². The minimum atomic E-state index is -0.219. The molecule has 0 bridgehead atoms. The molecule has 0 saturated heterocycles. The molecule has 0 unspecified atom stereocenters. The molecule has 0 aromatic heterocycles. The van der Waals surface area contributed by atoms with Crippen molar-refractivity contribution in [3.05, 3.63) is 35.6 Å². The van der Waals surface area contributed by atoms with Crippen molar-refractivity contribution in [1.29, 1.82) is 0 Å². The number of aliphatic hydroxyl groups is 1. The summed E-state index contributed by atoms with van der Waals surface area (Å²) < 4.78 is 12.6. The first-order valence-corrected chi connectivity index (χ1v) is 5.29. The van der Waals surface area contributed by atoms with Crippen LogP contribution in [0.4, 0.5) is 4.39 Å². The monoisotopic (exact) mass is 209 g/mol. The zero-order chi connectivity index (χ0) is 10.9. The highest BCUT2D eigenvalue weighted by atomic mass is 19.1. The average molecular weight is 209 g/mol. The topological polar surface area (TPSA) is 46.2 Å². The fourth-order valence-corrected chi connectivity index (χ4v) is 2.13. The zero-order valence-corrected chi connectivity index (χ0v) is 8.62. The molecule has 0 aliphatic heterocycles. The van der Waals surface area contributed by atoms with Gasteiger partial charge in [-0.3, -0.25) is 0 Å². The summed E-state index contributed by atoms with van der Waals surface area (Å²) in [6.07, 6.45) is 2.87. The third-order valence-electron chi connectivity index (χ3n) is 3.11. The molecule has 3 N–H and O–H groups in total. The maximum absolute atomic E-state index is 12.6. The molecule has 15 heavy (non-hydrogen) atoms. The van der Waals surface area contributed by atoms with E-state index in [-0.39, 0.29) is 17.5 Å². The van der Waals surface area contributed by atoms with Gasteiger partial charge < -0.3 is 10.8 Å². The van der Waals surface area contributed by atoms with Gasteiger partial charge in [0.15, 0.2) is 0 Å². The Morgan fingerprint density at radius 3 is 2.47 bits per heavy atom. The molecule has 0 atom stereocenters. The highest BCUT2D eigenvalue weighted by Crippen LogP contribution is 2.33. The van der Waals surface area contributed by atoms with Crippen molar-refractivity contribution in [3.8, 4) is 0 Å². The molecule has 0 amide bonds. The van der Waals surface area contributed by atoms with Crippen LogP contribution in [0.25, 0.3) is 0 Å². The van der Waals surface area contributed by atoms with Crippen LogP contribution in [0.15, 0.2) is 24.3 Å². The predicted octanol–water partition coefficient (Wildman–Crippen LogP) is 1.61. The van der Waals surface area contributed by atoms with Crippen LogP contribution < -0.4 is 5.73 Å². The molecule has 1 aromatic carbocycles. The summed E-state index contributed by atoms with van der Waals surface area (Å²) in [7, 11) is 0. The van der Waals surface area contributed by atoms with Crippen molar-refractivity contribution in [1.82, 2.24) is 0 Å². The van der Waals surface area contributed by atoms with Crippen LogP contribution in [0.1, 0.15) is 24.8 Å². The number of nitrogens with two attached hydrogens (primary N) is 1. The van der Waals surface area contributed by atoms with E-state index in [1.807, 2.05) is 0 Å². The SMILES string of the molecule is NC1(CCc2ccc(F)cc2)CC(O)C1. The lowest BCUT2D eigenvalue weighted by molar-refractivity contribution is 0.0189. The van der Waals surface area contributed by atoms with E-state index >= 15 is 0 Å². The van der Waals surface area contributed by atoms with Crippen LogP contribution in [0.3, 0.4) is 0 Å². The highest BCUT2D eigenvalue weighted by molar-refractivity contribution is 5.17. The van der Waals surface area contributed by atoms with Crippen LogP contribution in [0.5, 0.6) is 0 Å². The van der Waals surface area contributed by atoms with Crippen molar-refractivity contribution in [2.45, 2.75) is 37.3 Å². The first-order valence-electron chi connectivity index (χ1n) is 5.29. The Morgan fingerprint density at radius 2 is 1.93 bits per heavy atom. The van der Waals surface area contributed by atoms with Crippen LogP contribution in [-0.4, -0.2) is 16.7 Å². The fraction of sp³-hybridized carbons (Fsp3) is 0.500. The van der Waals surface area contributed by atoms with E-state index < -0.39 is 0 Å². The van der Waals surface area contributed by atoms with Crippen molar-refractivity contribution in [3.63, 3.8) is 0 Å². The van der Waals surface area contributed by atoms with E-state index in [1.54, 1.807) is 12.1 Å². The maximum atomic E-state index is 12.6. The fourth-order valence-electron chi connectivity index (χ4n) is 2.13. The third kappa shape index (κ3) is 2.55. The van der Waals surface area contributed by atoms with Gasteiger partial charge >= 0.3 is 0 Å². The molecule has 1 aliphatic carbocycles. The standard InChI is InChI=1S/C12H16FNO/c13-10-3-1-9(2-4-10)5-6-12(14)7-11(15)8-12/h1-4,11,15H,5-8,14H2. The summed E-state index contributed by atoms with van der Waals surface area (Å²) in [5.74, 6) is -0.208. The van der Waals surface area contributed by atoms with Gasteiger partial charge in [0.2, 0.25) is 0 Å². The molecular formula is C12H16FNO. The Balaban J connectivity index is 1.86. The van der Waals surface area contributed by atoms with Crippen LogP contribution >= 0.6 is 0 Å². The number of aliphatic hydroxyl groups excluding tert-OH is 1. The van der Waals surface area contributed by atoms with Gasteiger partial charge in [-0.25, -0.2) is 4.39 Å². The molecule has 3 heteroatoms. The summed E-state index contributed by atoms with van der Waals surface area (Å²) in [6, 6.07) is 6.50. The minimum absolute atomic E-state index is 0.201. The summed E-state index contributed by atoms with van der Waals surface area (Å²) in [6.45, 7) is 0. The molecule has 0 heterocycles. The number of aryl methyl sites for hydroxylation is 1. The zero-order valence-electron chi connectivity index (χ0n) is 8.62. The van der Waals surface area contributed by atoms with Gasteiger partial charge in [0.25, 0.3) is 0 Å². The molecule has 1 saturated carbocycles. The largest absolute Gasteiger partial charge is 0.393 e. The third-order valence-corrected chi connectivity index (χ3v) is 3.11. The molecule has 2 rings (SSSR count). The second-order valence-corrected chi connectivity index (χ2v) is 4.55. The number of hydrogen-bond acceptors (Lipinski definition) is 2. The lowest BCUT2D eigenvalue weighted by Gasteiger charge is -2.42. The number of halogens is 1. The summed E-state index contributed by atoms with van der Waals surface area (Å²) in [4.78, 5) is 0. The number of hydrogen-bond donors (Lipinski definition) is 2. The van der Waals surface area contributed by atoms with Crippen LogP contribution in [0.2, 0.25) is 0 Å². The quantitative estimate of drug-likeness (QED) is 0.794.